The fraction of sp³-hybridized carbons (Fsp3) is 0.600. The van der Waals surface area contributed by atoms with Crippen molar-refractivity contribution in [3.63, 3.8) is 0 Å². The number of unbranched alkanes of at least 4 members (excludes halogenated alkanes) is 1. The number of halogens is 2. The van der Waals surface area contributed by atoms with Crippen molar-refractivity contribution >= 4 is 42.2 Å². The molecule has 0 spiro atoms. The molecule has 11 heteroatoms. The number of rotatable bonds is 11. The Labute approximate surface area is 193 Å². The zero-order valence-electron chi connectivity index (χ0n) is 17.5. The quantitative estimate of drug-likeness (QED) is 0.285. The Kier molecular flexibility index (Phi) is 10.1. The number of benzene rings is 1. The molecule has 2 rings (SSSR count). The zero-order valence-corrected chi connectivity index (χ0v) is 19.0. The summed E-state index contributed by atoms with van der Waals surface area (Å²) in [4.78, 5) is 28.3. The van der Waals surface area contributed by atoms with Gasteiger partial charge in [0.1, 0.15) is 5.54 Å². The molecule has 1 aromatic rings. The molecule has 0 radical (unpaired) electrons. The van der Waals surface area contributed by atoms with Crippen LogP contribution in [0.25, 0.3) is 0 Å². The highest BCUT2D eigenvalue weighted by Crippen LogP contribution is 2.24. The van der Waals surface area contributed by atoms with Crippen molar-refractivity contribution in [1.82, 2.24) is 9.80 Å². The van der Waals surface area contributed by atoms with Gasteiger partial charge in [0.05, 0.1) is 10.0 Å². The zero-order chi connectivity index (χ0) is 23.0. The van der Waals surface area contributed by atoms with Crippen LogP contribution in [0.2, 0.25) is 16.4 Å². The lowest BCUT2D eigenvalue weighted by molar-refractivity contribution is -0.144. The summed E-state index contributed by atoms with van der Waals surface area (Å²) < 4.78 is 0. The first-order valence-corrected chi connectivity index (χ1v) is 11.2. The Hall–Kier alpha value is -1.36. The van der Waals surface area contributed by atoms with E-state index >= 15 is 0 Å². The van der Waals surface area contributed by atoms with Crippen LogP contribution in [0.5, 0.6) is 0 Å². The van der Waals surface area contributed by atoms with Crippen molar-refractivity contribution in [3.8, 4) is 0 Å². The highest BCUT2D eigenvalue weighted by atomic mass is 35.5. The van der Waals surface area contributed by atoms with E-state index in [1.807, 2.05) is 0 Å². The maximum Gasteiger partial charge on any atom is 0.451 e. The van der Waals surface area contributed by atoms with Crippen molar-refractivity contribution in [1.29, 1.82) is 0 Å². The molecule has 1 atom stereocenters. The number of piperazine rings is 1. The Balaban J connectivity index is 1.75. The van der Waals surface area contributed by atoms with Crippen LogP contribution in [0.4, 0.5) is 0 Å². The van der Waals surface area contributed by atoms with Crippen molar-refractivity contribution in [3.05, 3.63) is 33.8 Å². The van der Waals surface area contributed by atoms with E-state index < -0.39 is 18.6 Å². The lowest BCUT2D eigenvalue weighted by Crippen LogP contribution is -2.50. The second-order valence-corrected chi connectivity index (χ2v) is 8.87. The summed E-state index contributed by atoms with van der Waals surface area (Å²) in [6, 6.07) is 4.85. The number of amides is 1. The average molecular weight is 474 g/mol. The van der Waals surface area contributed by atoms with E-state index in [4.69, 9.17) is 39.0 Å². The van der Waals surface area contributed by atoms with Gasteiger partial charge in [-0.1, -0.05) is 36.0 Å². The van der Waals surface area contributed by atoms with Crippen LogP contribution in [-0.4, -0.2) is 82.2 Å². The molecule has 1 unspecified atom stereocenters. The van der Waals surface area contributed by atoms with Crippen LogP contribution in [-0.2, 0) is 4.79 Å². The molecule has 0 bridgehead atoms. The minimum Gasteiger partial charge on any atom is -0.480 e. The molecule has 0 saturated carbocycles. The summed E-state index contributed by atoms with van der Waals surface area (Å²) in [7, 11) is -1.38. The summed E-state index contributed by atoms with van der Waals surface area (Å²) in [6.07, 6.45) is 2.51. The fourth-order valence-corrected chi connectivity index (χ4v) is 4.01. The predicted octanol–water partition coefficient (Wildman–Crippen LogP) is 1.96. The molecule has 1 aliphatic rings. The lowest BCUT2D eigenvalue weighted by atomic mass is 9.81. The van der Waals surface area contributed by atoms with Gasteiger partial charge in [0, 0.05) is 31.7 Å². The topological polar surface area (TPSA) is 127 Å². The average Bonchev–Trinajstić information content (AvgIpc) is 2.73. The van der Waals surface area contributed by atoms with E-state index in [2.05, 4.69) is 4.90 Å². The van der Waals surface area contributed by atoms with E-state index in [9.17, 15) is 14.7 Å². The van der Waals surface area contributed by atoms with Gasteiger partial charge >= 0.3 is 13.1 Å². The van der Waals surface area contributed by atoms with Gasteiger partial charge in [0.25, 0.3) is 5.91 Å². The van der Waals surface area contributed by atoms with E-state index in [1.54, 1.807) is 23.1 Å². The number of hydrogen-bond acceptors (Lipinski definition) is 6. The van der Waals surface area contributed by atoms with Crippen molar-refractivity contribution < 1.29 is 24.7 Å². The first kappa shape index (κ1) is 25.9. The van der Waals surface area contributed by atoms with Gasteiger partial charge in [-0.3, -0.25) is 14.5 Å². The summed E-state index contributed by atoms with van der Waals surface area (Å²) in [5, 5.41) is 28.0. The van der Waals surface area contributed by atoms with Crippen LogP contribution < -0.4 is 5.73 Å². The molecule has 0 aliphatic carbocycles. The van der Waals surface area contributed by atoms with Gasteiger partial charge in [-0.25, -0.2) is 0 Å². The largest absolute Gasteiger partial charge is 0.480 e. The number of nitrogens with zero attached hydrogens (tertiary/aromatic N) is 2. The van der Waals surface area contributed by atoms with Crippen LogP contribution in [0, 0.1) is 0 Å². The van der Waals surface area contributed by atoms with Crippen LogP contribution in [0.15, 0.2) is 18.2 Å². The van der Waals surface area contributed by atoms with Crippen LogP contribution in [0.3, 0.4) is 0 Å². The molecule has 1 heterocycles. The monoisotopic (exact) mass is 473 g/mol. The Morgan fingerprint density at radius 1 is 1.03 bits per heavy atom. The fourth-order valence-electron chi connectivity index (χ4n) is 3.71. The minimum absolute atomic E-state index is 0.0851. The Morgan fingerprint density at radius 3 is 2.26 bits per heavy atom. The number of hydrogen-bond donors (Lipinski definition) is 4. The lowest BCUT2D eigenvalue weighted by Gasteiger charge is -2.35. The van der Waals surface area contributed by atoms with E-state index in [-0.39, 0.29) is 12.2 Å². The standard InChI is InChI=1S/C20H30BCl2N3O5/c22-16-5-4-15(14-17(16)23)18(27)26-12-10-25(11-13-26)9-3-7-20(24,19(28)29)6-1-2-8-21(30)31/h4-5,14,30-31H,1-3,6-13,24H2,(H,28,29). The summed E-state index contributed by atoms with van der Waals surface area (Å²) >= 11 is 11.9. The Morgan fingerprint density at radius 2 is 1.68 bits per heavy atom. The van der Waals surface area contributed by atoms with Crippen molar-refractivity contribution in [2.45, 2.75) is 44.0 Å². The maximum atomic E-state index is 12.7. The highest BCUT2D eigenvalue weighted by Gasteiger charge is 2.33. The molecular formula is C20H30BCl2N3O5. The van der Waals surface area contributed by atoms with Gasteiger partial charge < -0.3 is 25.8 Å². The van der Waals surface area contributed by atoms with Gasteiger partial charge in [-0.15, -0.1) is 0 Å². The van der Waals surface area contributed by atoms with Gasteiger partial charge in [-0.05, 0) is 50.3 Å². The second-order valence-electron chi connectivity index (χ2n) is 8.05. The number of nitrogens with two attached hydrogens (primary N) is 1. The molecule has 31 heavy (non-hydrogen) atoms. The molecular weight excluding hydrogens is 444 g/mol. The van der Waals surface area contributed by atoms with E-state index in [1.165, 1.54) is 0 Å². The molecule has 1 aromatic carbocycles. The molecule has 1 aliphatic heterocycles. The molecule has 1 fully saturated rings. The number of carbonyl (C=O) groups is 2. The van der Waals surface area contributed by atoms with Gasteiger partial charge in [0.15, 0.2) is 0 Å². The number of carbonyl (C=O) groups excluding carboxylic acids is 1. The second kappa shape index (κ2) is 12.0. The molecule has 8 nitrogen and oxygen atoms in total. The first-order valence-electron chi connectivity index (χ1n) is 10.5. The minimum atomic E-state index is -1.38. The van der Waals surface area contributed by atoms with E-state index in [0.29, 0.717) is 80.4 Å². The molecule has 1 saturated heterocycles. The predicted molar refractivity (Wildman–Crippen MR) is 121 cm³/mol. The third kappa shape index (κ3) is 7.93. The summed E-state index contributed by atoms with van der Waals surface area (Å²) in [6.45, 7) is 3.26. The van der Waals surface area contributed by atoms with Crippen molar-refractivity contribution in [2.75, 3.05) is 32.7 Å². The first-order chi connectivity index (χ1) is 14.6. The highest BCUT2D eigenvalue weighted by molar-refractivity contribution is 6.42. The van der Waals surface area contributed by atoms with Crippen LogP contribution >= 0.6 is 23.2 Å². The molecule has 172 valence electrons. The maximum absolute atomic E-state index is 12.7. The number of carboxylic acids is 1. The van der Waals surface area contributed by atoms with Crippen molar-refractivity contribution in [2.24, 2.45) is 5.73 Å². The molecule has 5 N–H and O–H groups in total. The number of aliphatic carboxylic acids is 1. The number of carboxylic acid groups (broad SMARTS) is 1. The summed E-state index contributed by atoms with van der Waals surface area (Å²) in [5.74, 6) is -1.12. The normalized spacial score (nSPS) is 16.7. The van der Waals surface area contributed by atoms with Gasteiger partial charge in [-0.2, -0.15) is 0 Å². The third-order valence-electron chi connectivity index (χ3n) is 5.68. The smallest absolute Gasteiger partial charge is 0.451 e. The SMILES string of the molecule is NC(CCCCB(O)O)(CCCN1CCN(C(=O)c2ccc(Cl)c(Cl)c2)CC1)C(=O)O. The molecule has 0 aromatic heterocycles. The third-order valence-corrected chi connectivity index (χ3v) is 6.42. The molecule has 1 amide bonds. The van der Waals surface area contributed by atoms with E-state index in [0.717, 1.165) is 0 Å². The van der Waals surface area contributed by atoms with Crippen LogP contribution in [0.1, 0.15) is 42.5 Å². The summed E-state index contributed by atoms with van der Waals surface area (Å²) in [5.41, 5.74) is 5.30. The Bertz CT molecular complexity index is 762. The van der Waals surface area contributed by atoms with Gasteiger partial charge in [0.2, 0.25) is 0 Å².